The van der Waals surface area contributed by atoms with Crippen LogP contribution in [-0.4, -0.2) is 43.4 Å². The van der Waals surface area contributed by atoms with E-state index in [-0.39, 0.29) is 5.78 Å². The van der Waals surface area contributed by atoms with Gasteiger partial charge in [-0.05, 0) is 37.9 Å². The van der Waals surface area contributed by atoms with Gasteiger partial charge in [0.05, 0.1) is 14.1 Å². The van der Waals surface area contributed by atoms with Crippen LogP contribution in [-0.2, 0) is 0 Å². The SMILES string of the molecule is O=C(CN1CCNCC1)c1cc(Br)sc1Br. The molecule has 0 unspecified atom stereocenters. The van der Waals surface area contributed by atoms with E-state index < -0.39 is 0 Å². The van der Waals surface area contributed by atoms with Gasteiger partial charge in [0.15, 0.2) is 5.78 Å². The van der Waals surface area contributed by atoms with E-state index in [1.165, 1.54) is 0 Å². The standard InChI is InChI=1S/C10H12Br2N2OS/c11-9-5-7(10(12)16-9)8(15)6-14-3-1-13-2-4-14/h5,13H,1-4,6H2. The van der Waals surface area contributed by atoms with Crippen LogP contribution in [0.4, 0.5) is 0 Å². The molecular weight excluding hydrogens is 356 g/mol. The lowest BCUT2D eigenvalue weighted by atomic mass is 10.2. The quantitative estimate of drug-likeness (QED) is 0.832. The van der Waals surface area contributed by atoms with Crippen LogP contribution in [0, 0.1) is 0 Å². The monoisotopic (exact) mass is 366 g/mol. The van der Waals surface area contributed by atoms with Gasteiger partial charge >= 0.3 is 0 Å². The molecule has 0 aromatic carbocycles. The van der Waals surface area contributed by atoms with Crippen molar-refractivity contribution in [1.82, 2.24) is 10.2 Å². The Bertz CT molecular complexity index is 388. The Morgan fingerprint density at radius 1 is 1.44 bits per heavy atom. The summed E-state index contributed by atoms with van der Waals surface area (Å²) in [7, 11) is 0. The van der Waals surface area contributed by atoms with E-state index in [9.17, 15) is 4.79 Å². The first kappa shape index (κ1) is 12.7. The van der Waals surface area contributed by atoms with Crippen LogP contribution < -0.4 is 5.32 Å². The van der Waals surface area contributed by atoms with Crippen molar-refractivity contribution in [2.45, 2.75) is 0 Å². The Kier molecular flexibility index (Phi) is 4.55. The van der Waals surface area contributed by atoms with Gasteiger partial charge < -0.3 is 5.32 Å². The molecule has 0 bridgehead atoms. The van der Waals surface area contributed by atoms with E-state index in [0.717, 1.165) is 39.3 Å². The first-order chi connectivity index (χ1) is 7.66. The molecule has 0 amide bonds. The minimum Gasteiger partial charge on any atom is -0.314 e. The highest BCUT2D eigenvalue weighted by molar-refractivity contribution is 9.12. The Hall–Kier alpha value is 0.250. The summed E-state index contributed by atoms with van der Waals surface area (Å²) < 4.78 is 1.91. The molecule has 1 N–H and O–H groups in total. The molecule has 1 aromatic rings. The highest BCUT2D eigenvalue weighted by Gasteiger charge is 2.18. The number of thiophene rings is 1. The summed E-state index contributed by atoms with van der Waals surface area (Å²) in [6.45, 7) is 4.37. The molecule has 0 aliphatic carbocycles. The van der Waals surface area contributed by atoms with Crippen molar-refractivity contribution in [2.75, 3.05) is 32.7 Å². The van der Waals surface area contributed by atoms with E-state index in [4.69, 9.17) is 0 Å². The zero-order valence-corrected chi connectivity index (χ0v) is 12.6. The van der Waals surface area contributed by atoms with Crippen LogP contribution in [0.3, 0.4) is 0 Å². The Balaban J connectivity index is 1.99. The first-order valence-corrected chi connectivity index (χ1v) is 7.48. The van der Waals surface area contributed by atoms with Crippen molar-refractivity contribution in [3.05, 3.63) is 19.2 Å². The van der Waals surface area contributed by atoms with E-state index in [1.54, 1.807) is 11.3 Å². The number of piperazine rings is 1. The molecule has 6 heteroatoms. The van der Waals surface area contributed by atoms with Crippen LogP contribution in [0.15, 0.2) is 13.6 Å². The largest absolute Gasteiger partial charge is 0.314 e. The van der Waals surface area contributed by atoms with Gasteiger partial charge in [0, 0.05) is 31.7 Å². The molecule has 16 heavy (non-hydrogen) atoms. The molecule has 1 aliphatic heterocycles. The maximum absolute atomic E-state index is 12.0. The predicted octanol–water partition coefficient (Wildman–Crippen LogP) is 2.36. The minimum atomic E-state index is 0.190. The number of hydrogen-bond donors (Lipinski definition) is 1. The molecule has 0 radical (unpaired) electrons. The molecule has 1 fully saturated rings. The predicted molar refractivity (Wildman–Crippen MR) is 73.4 cm³/mol. The number of rotatable bonds is 3. The lowest BCUT2D eigenvalue weighted by molar-refractivity contribution is 0.0921. The fourth-order valence-corrected chi connectivity index (χ4v) is 4.54. The number of Topliss-reactive ketones (excluding diaryl/α,β-unsaturated/α-hetero) is 1. The van der Waals surface area contributed by atoms with Gasteiger partial charge in [-0.2, -0.15) is 0 Å². The van der Waals surface area contributed by atoms with Crippen molar-refractivity contribution < 1.29 is 4.79 Å². The summed E-state index contributed by atoms with van der Waals surface area (Å²) in [5, 5.41) is 3.28. The van der Waals surface area contributed by atoms with E-state index in [1.807, 2.05) is 6.07 Å². The summed E-state index contributed by atoms with van der Waals surface area (Å²) in [4.78, 5) is 14.2. The molecule has 2 rings (SSSR count). The number of halogens is 2. The fraction of sp³-hybridized carbons (Fsp3) is 0.500. The minimum absolute atomic E-state index is 0.190. The van der Waals surface area contributed by atoms with Gasteiger partial charge in [0.25, 0.3) is 0 Å². The number of carbonyl (C=O) groups excluding carboxylic acids is 1. The van der Waals surface area contributed by atoms with Gasteiger partial charge in [-0.1, -0.05) is 0 Å². The van der Waals surface area contributed by atoms with Gasteiger partial charge in [0.1, 0.15) is 0 Å². The Morgan fingerprint density at radius 3 is 2.69 bits per heavy atom. The lowest BCUT2D eigenvalue weighted by Crippen LogP contribution is -2.45. The Labute approximate surface area is 115 Å². The zero-order chi connectivity index (χ0) is 11.5. The highest BCUT2D eigenvalue weighted by Crippen LogP contribution is 2.32. The number of nitrogens with zero attached hydrogens (tertiary/aromatic N) is 1. The van der Waals surface area contributed by atoms with E-state index in [0.29, 0.717) is 6.54 Å². The lowest BCUT2D eigenvalue weighted by Gasteiger charge is -2.26. The Morgan fingerprint density at radius 2 is 2.12 bits per heavy atom. The maximum Gasteiger partial charge on any atom is 0.178 e. The van der Waals surface area contributed by atoms with Crippen LogP contribution in [0.2, 0.25) is 0 Å². The summed E-state index contributed by atoms with van der Waals surface area (Å²) in [6, 6.07) is 1.89. The second-order valence-electron chi connectivity index (χ2n) is 3.69. The smallest absolute Gasteiger partial charge is 0.178 e. The van der Waals surface area contributed by atoms with Crippen molar-refractivity contribution in [1.29, 1.82) is 0 Å². The number of carbonyl (C=O) groups is 1. The van der Waals surface area contributed by atoms with Gasteiger partial charge in [-0.3, -0.25) is 9.69 Å². The fourth-order valence-electron chi connectivity index (χ4n) is 1.69. The average molecular weight is 368 g/mol. The third-order valence-electron chi connectivity index (χ3n) is 2.53. The zero-order valence-electron chi connectivity index (χ0n) is 8.63. The molecule has 3 nitrogen and oxygen atoms in total. The second kappa shape index (κ2) is 5.73. The third kappa shape index (κ3) is 3.13. The second-order valence-corrected chi connectivity index (χ2v) is 7.44. The molecule has 88 valence electrons. The molecule has 0 spiro atoms. The number of hydrogen-bond acceptors (Lipinski definition) is 4. The molecule has 0 saturated carbocycles. The highest BCUT2D eigenvalue weighted by atomic mass is 79.9. The number of ketones is 1. The van der Waals surface area contributed by atoms with Gasteiger partial charge in [-0.25, -0.2) is 0 Å². The summed E-state index contributed by atoms with van der Waals surface area (Å²) >= 11 is 8.35. The molecular formula is C10H12Br2N2OS. The summed E-state index contributed by atoms with van der Waals surface area (Å²) in [6.07, 6.45) is 0. The molecule has 1 saturated heterocycles. The van der Waals surface area contributed by atoms with E-state index >= 15 is 0 Å². The number of nitrogens with one attached hydrogen (secondary N) is 1. The van der Waals surface area contributed by atoms with Crippen LogP contribution in [0.5, 0.6) is 0 Å². The van der Waals surface area contributed by atoms with Crippen molar-refractivity contribution in [3.8, 4) is 0 Å². The van der Waals surface area contributed by atoms with Crippen molar-refractivity contribution in [3.63, 3.8) is 0 Å². The summed E-state index contributed by atoms with van der Waals surface area (Å²) in [5.74, 6) is 0.190. The summed E-state index contributed by atoms with van der Waals surface area (Å²) in [5.41, 5.74) is 0.787. The third-order valence-corrected chi connectivity index (χ3v) is 4.87. The van der Waals surface area contributed by atoms with Crippen molar-refractivity contribution in [2.24, 2.45) is 0 Å². The van der Waals surface area contributed by atoms with E-state index in [2.05, 4.69) is 42.1 Å². The topological polar surface area (TPSA) is 32.3 Å². The van der Waals surface area contributed by atoms with Crippen LogP contribution >= 0.6 is 43.2 Å². The molecule has 1 aromatic heterocycles. The first-order valence-electron chi connectivity index (χ1n) is 5.08. The van der Waals surface area contributed by atoms with Crippen LogP contribution in [0.25, 0.3) is 0 Å². The van der Waals surface area contributed by atoms with Gasteiger partial charge in [0.2, 0.25) is 0 Å². The average Bonchev–Trinajstić information content (AvgIpc) is 2.59. The maximum atomic E-state index is 12.0. The molecule has 2 heterocycles. The molecule has 1 aliphatic rings. The van der Waals surface area contributed by atoms with Crippen molar-refractivity contribution >= 4 is 49.0 Å². The van der Waals surface area contributed by atoms with Crippen LogP contribution in [0.1, 0.15) is 10.4 Å². The molecule has 0 atom stereocenters. The van der Waals surface area contributed by atoms with Gasteiger partial charge in [-0.15, -0.1) is 11.3 Å². The normalized spacial score (nSPS) is 17.6.